The first-order chi connectivity index (χ1) is 15.6. The smallest absolute Gasteiger partial charge is 0.221 e. The molecule has 0 heterocycles. The molecule has 32 heavy (non-hydrogen) atoms. The summed E-state index contributed by atoms with van der Waals surface area (Å²) in [6, 6.07) is 29.3. The first kappa shape index (κ1) is 21.3. The van der Waals surface area contributed by atoms with Gasteiger partial charge in [-0.15, -0.1) is 0 Å². The fourth-order valence-corrected chi connectivity index (χ4v) is 3.48. The Kier molecular flexibility index (Phi) is 6.63. The summed E-state index contributed by atoms with van der Waals surface area (Å²) in [6.07, 6.45) is 2.58. The summed E-state index contributed by atoms with van der Waals surface area (Å²) in [7, 11) is 0. The van der Waals surface area contributed by atoms with Gasteiger partial charge in [-0.1, -0.05) is 72.3 Å². The fourth-order valence-electron chi connectivity index (χ4n) is 3.35. The van der Waals surface area contributed by atoms with Gasteiger partial charge in [0.05, 0.1) is 0 Å². The molecule has 0 aliphatic carbocycles. The zero-order valence-electron chi connectivity index (χ0n) is 17.2. The Morgan fingerprint density at radius 2 is 1.56 bits per heavy atom. The summed E-state index contributed by atoms with van der Waals surface area (Å²) in [6.45, 7) is 0.463. The summed E-state index contributed by atoms with van der Waals surface area (Å²) in [5, 5.41) is 18.4. The molecule has 4 nitrogen and oxygen atoms in total. The molecule has 158 valence electrons. The summed E-state index contributed by atoms with van der Waals surface area (Å²) in [5.41, 5.74) is 3.30. The van der Waals surface area contributed by atoms with Crippen molar-refractivity contribution in [1.29, 1.82) is 10.8 Å². The van der Waals surface area contributed by atoms with Gasteiger partial charge in [-0.2, -0.15) is 0 Å². The maximum Gasteiger partial charge on any atom is 0.221 e. The summed E-state index contributed by atoms with van der Waals surface area (Å²) in [4.78, 5) is 0. The molecule has 0 aliphatic rings. The second-order valence-corrected chi connectivity index (χ2v) is 7.61. The third-order valence-electron chi connectivity index (χ3n) is 4.99. The van der Waals surface area contributed by atoms with Crippen LogP contribution in [0.1, 0.15) is 16.7 Å². The Morgan fingerprint density at radius 3 is 2.28 bits per heavy atom. The van der Waals surface area contributed by atoms with E-state index >= 15 is 0 Å². The number of halogens is 1. The van der Waals surface area contributed by atoms with Crippen LogP contribution in [0.15, 0.2) is 91.0 Å². The van der Waals surface area contributed by atoms with Crippen molar-refractivity contribution in [2.24, 2.45) is 0 Å². The number of rotatable bonds is 7. The van der Waals surface area contributed by atoms with Gasteiger partial charge in [-0.05, 0) is 63.9 Å². The highest BCUT2D eigenvalue weighted by Gasteiger charge is 2.10. The van der Waals surface area contributed by atoms with E-state index < -0.39 is 0 Å². The second-order valence-electron chi connectivity index (χ2n) is 7.17. The van der Waals surface area contributed by atoms with Crippen molar-refractivity contribution in [3.05, 3.63) is 113 Å². The molecule has 2 N–H and O–H groups in total. The van der Waals surface area contributed by atoms with E-state index in [-0.39, 0.29) is 5.90 Å². The number of benzene rings is 4. The van der Waals surface area contributed by atoms with Crippen LogP contribution in [-0.4, -0.2) is 12.3 Å². The molecule has 0 amide bonds. The lowest BCUT2D eigenvalue weighted by Crippen LogP contribution is -2.05. The minimum atomic E-state index is -0.111. The predicted molar refractivity (Wildman–Crippen MR) is 132 cm³/mol. The highest BCUT2D eigenvalue weighted by molar-refractivity contribution is 6.30. The maximum atomic E-state index is 8.19. The van der Waals surface area contributed by atoms with Crippen LogP contribution < -0.4 is 4.74 Å². The molecule has 0 radical (unpaired) electrons. The van der Waals surface area contributed by atoms with E-state index in [0.29, 0.717) is 17.2 Å². The monoisotopic (exact) mass is 440 g/mol. The molecule has 5 heteroatoms. The van der Waals surface area contributed by atoms with E-state index in [1.807, 2.05) is 54.6 Å². The van der Waals surface area contributed by atoms with E-state index in [9.17, 15) is 0 Å². The fraction of sp³-hybridized carbons (Fsp3) is 0.0370. The molecule has 0 unspecified atom stereocenters. The Balaban J connectivity index is 1.52. The zero-order valence-corrected chi connectivity index (χ0v) is 18.0. The summed E-state index contributed by atoms with van der Waals surface area (Å²) in [5.74, 6) is 0.618. The third kappa shape index (κ3) is 5.23. The predicted octanol–water partition coefficient (Wildman–Crippen LogP) is 7.21. The number of hydrogen-bond acceptors (Lipinski definition) is 4. The molecular formula is C27H21ClN2O2. The van der Waals surface area contributed by atoms with Crippen molar-refractivity contribution in [3.8, 4) is 5.75 Å². The molecule has 4 aromatic rings. The Labute approximate surface area is 191 Å². The summed E-state index contributed by atoms with van der Waals surface area (Å²) < 4.78 is 11.0. The van der Waals surface area contributed by atoms with Gasteiger partial charge >= 0.3 is 0 Å². The molecule has 0 aromatic heterocycles. The van der Waals surface area contributed by atoms with Crippen molar-refractivity contribution in [2.75, 3.05) is 0 Å². The standard InChI is InChI=1S/C27H21ClN2O2/c28-24-11-6-19(7-12-24)16-26(27(30)32-18-29)22-9-13-25(14-10-22)31-17-20-5-8-21-3-1-2-4-23(21)15-20/h1-16,18,29-30H,17H2/b26-16+,29-18?,30-27?. The molecule has 0 saturated carbocycles. The van der Waals surface area contributed by atoms with Crippen molar-refractivity contribution in [3.63, 3.8) is 0 Å². The van der Waals surface area contributed by atoms with Crippen LogP contribution in [0.25, 0.3) is 22.4 Å². The van der Waals surface area contributed by atoms with Gasteiger partial charge in [0.1, 0.15) is 12.4 Å². The Bertz CT molecular complexity index is 1280. The van der Waals surface area contributed by atoms with Gasteiger partial charge in [0.15, 0.2) is 6.40 Å². The molecule has 0 fully saturated rings. The second kappa shape index (κ2) is 9.94. The van der Waals surface area contributed by atoms with Crippen LogP contribution >= 0.6 is 11.6 Å². The molecule has 0 aliphatic heterocycles. The SMILES string of the molecule is N=COC(=N)/C(=C/c1ccc(Cl)cc1)c1ccc(OCc2ccc3ccccc3c2)cc1. The number of ether oxygens (including phenoxy) is 2. The normalized spacial score (nSPS) is 11.2. The highest BCUT2D eigenvalue weighted by Crippen LogP contribution is 2.24. The van der Waals surface area contributed by atoms with Gasteiger partial charge in [0.2, 0.25) is 5.90 Å². The average molecular weight is 441 g/mol. The lowest BCUT2D eigenvalue weighted by molar-refractivity contribution is 0.306. The first-order valence-corrected chi connectivity index (χ1v) is 10.4. The molecule has 0 bridgehead atoms. The first-order valence-electron chi connectivity index (χ1n) is 10.0. The van der Waals surface area contributed by atoms with Crippen LogP contribution in [0, 0.1) is 10.8 Å². The largest absolute Gasteiger partial charge is 0.489 e. The molecule has 4 rings (SSSR count). The molecular weight excluding hydrogens is 420 g/mol. The van der Waals surface area contributed by atoms with Crippen molar-refractivity contribution in [2.45, 2.75) is 6.61 Å². The minimum Gasteiger partial charge on any atom is -0.489 e. The Morgan fingerprint density at radius 1 is 0.844 bits per heavy atom. The maximum absolute atomic E-state index is 8.19. The molecule has 4 aromatic carbocycles. The van der Waals surface area contributed by atoms with Crippen molar-refractivity contribution < 1.29 is 9.47 Å². The van der Waals surface area contributed by atoms with E-state index in [0.717, 1.165) is 28.8 Å². The van der Waals surface area contributed by atoms with E-state index in [4.69, 9.17) is 31.9 Å². The van der Waals surface area contributed by atoms with Crippen LogP contribution in [0.2, 0.25) is 5.02 Å². The van der Waals surface area contributed by atoms with Crippen molar-refractivity contribution >= 4 is 46.3 Å². The third-order valence-corrected chi connectivity index (χ3v) is 5.24. The van der Waals surface area contributed by atoms with Gasteiger partial charge in [-0.25, -0.2) is 0 Å². The Hall–Kier alpha value is -3.89. The topological polar surface area (TPSA) is 66.2 Å². The van der Waals surface area contributed by atoms with Crippen LogP contribution in [0.4, 0.5) is 0 Å². The van der Waals surface area contributed by atoms with Gasteiger partial charge < -0.3 is 9.47 Å². The number of fused-ring (bicyclic) bond motifs is 1. The van der Waals surface area contributed by atoms with Gasteiger partial charge in [0, 0.05) is 10.6 Å². The molecule has 0 atom stereocenters. The lowest BCUT2D eigenvalue weighted by Gasteiger charge is -2.11. The highest BCUT2D eigenvalue weighted by atomic mass is 35.5. The molecule has 0 saturated heterocycles. The van der Waals surface area contributed by atoms with E-state index in [1.165, 1.54) is 10.8 Å². The van der Waals surface area contributed by atoms with Crippen molar-refractivity contribution in [1.82, 2.24) is 0 Å². The molecule has 0 spiro atoms. The average Bonchev–Trinajstić information content (AvgIpc) is 2.83. The van der Waals surface area contributed by atoms with E-state index in [1.54, 1.807) is 12.1 Å². The van der Waals surface area contributed by atoms with Crippen LogP contribution in [0.5, 0.6) is 5.75 Å². The summed E-state index contributed by atoms with van der Waals surface area (Å²) >= 11 is 5.97. The van der Waals surface area contributed by atoms with Gasteiger partial charge in [-0.3, -0.25) is 10.8 Å². The zero-order chi connectivity index (χ0) is 22.3. The van der Waals surface area contributed by atoms with Gasteiger partial charge in [0.25, 0.3) is 0 Å². The van der Waals surface area contributed by atoms with E-state index in [2.05, 4.69) is 30.3 Å². The minimum absolute atomic E-state index is 0.111. The van der Waals surface area contributed by atoms with Crippen LogP contribution in [-0.2, 0) is 11.3 Å². The van der Waals surface area contributed by atoms with Crippen LogP contribution in [0.3, 0.4) is 0 Å². The number of nitrogens with one attached hydrogen (secondary N) is 2. The number of hydrogen-bond donors (Lipinski definition) is 2. The lowest BCUT2D eigenvalue weighted by atomic mass is 10.0. The quantitative estimate of drug-likeness (QED) is 0.181.